The monoisotopic (exact) mass is 324 g/mol. The maximum Gasteiger partial charge on any atom is 0.257 e. The minimum atomic E-state index is -0.123. The van der Waals surface area contributed by atoms with E-state index in [1.165, 1.54) is 11.8 Å². The Morgan fingerprint density at radius 3 is 3.00 bits per heavy atom. The van der Waals surface area contributed by atoms with Crippen molar-refractivity contribution < 1.29 is 4.79 Å². The third-order valence-corrected chi connectivity index (χ3v) is 4.65. The summed E-state index contributed by atoms with van der Waals surface area (Å²) in [4.78, 5) is 18.1. The lowest BCUT2D eigenvalue weighted by atomic mass is 10.3. The van der Waals surface area contributed by atoms with Gasteiger partial charge in [0.1, 0.15) is 0 Å². The van der Waals surface area contributed by atoms with E-state index in [9.17, 15) is 4.79 Å². The fraction of sp³-hybridized carbons (Fsp3) is 0.0588. The largest absolute Gasteiger partial charge is 0.269 e. The second kappa shape index (κ2) is 6.65. The third-order valence-electron chi connectivity index (χ3n) is 2.97. The number of carbonyl (C=O) groups excluding carboxylic acids is 1. The van der Waals surface area contributed by atoms with Crippen LogP contribution in [0.3, 0.4) is 0 Å². The van der Waals surface area contributed by atoms with E-state index in [1.807, 2.05) is 47.9 Å². The van der Waals surface area contributed by atoms with Crippen molar-refractivity contribution in [2.45, 2.75) is 5.16 Å². The minimum Gasteiger partial charge on any atom is -0.269 e. The summed E-state index contributed by atoms with van der Waals surface area (Å²) in [6, 6.07) is 11.5. The summed E-state index contributed by atoms with van der Waals surface area (Å²) in [7, 11) is 0. The van der Waals surface area contributed by atoms with Crippen LogP contribution in [0.1, 0.15) is 9.67 Å². The summed E-state index contributed by atoms with van der Waals surface area (Å²) in [6.45, 7) is 0. The quantitative estimate of drug-likeness (QED) is 0.410. The summed E-state index contributed by atoms with van der Waals surface area (Å²) in [5.41, 5.74) is 1.59. The van der Waals surface area contributed by atoms with Crippen LogP contribution in [0.5, 0.6) is 0 Å². The van der Waals surface area contributed by atoms with E-state index in [0.717, 1.165) is 15.9 Å². The van der Waals surface area contributed by atoms with Crippen molar-refractivity contribution in [3.63, 3.8) is 0 Å². The molecule has 3 aromatic rings. The SMILES string of the molecule is C#CCSc1nc2ccccc2n1C(=O)/C=C/c1cccs1. The van der Waals surface area contributed by atoms with Gasteiger partial charge in [0.05, 0.1) is 16.8 Å². The van der Waals surface area contributed by atoms with Crippen molar-refractivity contribution in [1.29, 1.82) is 0 Å². The molecule has 0 spiro atoms. The van der Waals surface area contributed by atoms with E-state index in [1.54, 1.807) is 22.0 Å². The molecule has 0 radical (unpaired) electrons. The fourth-order valence-corrected chi connectivity index (χ4v) is 3.34. The van der Waals surface area contributed by atoms with Crippen LogP contribution in [0.4, 0.5) is 0 Å². The summed E-state index contributed by atoms with van der Waals surface area (Å²) in [5.74, 6) is 2.92. The molecule has 22 heavy (non-hydrogen) atoms. The molecule has 108 valence electrons. The Morgan fingerprint density at radius 1 is 1.36 bits per heavy atom. The number of nitrogens with zero attached hydrogens (tertiary/aromatic N) is 2. The molecule has 2 aromatic heterocycles. The number of thioether (sulfide) groups is 1. The number of thiophene rings is 1. The number of hydrogen-bond donors (Lipinski definition) is 0. The van der Waals surface area contributed by atoms with Crippen LogP contribution in [0.25, 0.3) is 17.1 Å². The Balaban J connectivity index is 2.00. The predicted octanol–water partition coefficient (Wildman–Crippen LogP) is 4.18. The summed E-state index contributed by atoms with van der Waals surface area (Å²) in [5, 5.41) is 2.60. The highest BCUT2D eigenvalue weighted by Gasteiger charge is 2.14. The second-order valence-corrected chi connectivity index (χ2v) is 6.32. The number of aromatic nitrogens is 2. The van der Waals surface area contributed by atoms with Gasteiger partial charge >= 0.3 is 0 Å². The van der Waals surface area contributed by atoms with Crippen LogP contribution in [-0.4, -0.2) is 21.2 Å². The molecule has 0 saturated carbocycles. The number of imidazole rings is 1. The molecule has 0 amide bonds. The van der Waals surface area contributed by atoms with Crippen molar-refractivity contribution in [2.24, 2.45) is 0 Å². The van der Waals surface area contributed by atoms with E-state index < -0.39 is 0 Å². The predicted molar refractivity (Wildman–Crippen MR) is 93.3 cm³/mol. The van der Waals surface area contributed by atoms with Gasteiger partial charge in [0.25, 0.3) is 5.91 Å². The number of allylic oxidation sites excluding steroid dienone is 1. The van der Waals surface area contributed by atoms with Gasteiger partial charge < -0.3 is 0 Å². The highest BCUT2D eigenvalue weighted by Crippen LogP contribution is 2.24. The number of fused-ring (bicyclic) bond motifs is 1. The van der Waals surface area contributed by atoms with Gasteiger partial charge in [-0.25, -0.2) is 4.98 Å². The molecule has 0 atom stereocenters. The smallest absolute Gasteiger partial charge is 0.257 e. The zero-order chi connectivity index (χ0) is 15.4. The molecule has 0 aliphatic heterocycles. The van der Waals surface area contributed by atoms with Gasteiger partial charge in [0.15, 0.2) is 5.16 Å². The van der Waals surface area contributed by atoms with E-state index in [2.05, 4.69) is 10.9 Å². The second-order valence-electron chi connectivity index (χ2n) is 4.40. The van der Waals surface area contributed by atoms with Crippen LogP contribution in [-0.2, 0) is 0 Å². The van der Waals surface area contributed by atoms with Gasteiger partial charge in [-0.2, -0.15) is 0 Å². The summed E-state index contributed by atoms with van der Waals surface area (Å²) >= 11 is 2.98. The Labute approximate surface area is 136 Å². The summed E-state index contributed by atoms with van der Waals surface area (Å²) in [6.07, 6.45) is 8.70. The first-order valence-corrected chi connectivity index (χ1v) is 8.46. The van der Waals surface area contributed by atoms with Crippen LogP contribution in [0, 0.1) is 12.3 Å². The van der Waals surface area contributed by atoms with Crippen molar-refractivity contribution in [3.8, 4) is 12.3 Å². The lowest BCUT2D eigenvalue weighted by molar-refractivity contribution is 0.0965. The molecule has 0 N–H and O–H groups in total. The van der Waals surface area contributed by atoms with Crippen LogP contribution >= 0.6 is 23.1 Å². The first-order chi connectivity index (χ1) is 10.8. The number of benzene rings is 1. The number of carbonyl (C=O) groups is 1. The highest BCUT2D eigenvalue weighted by molar-refractivity contribution is 7.99. The molecule has 0 aliphatic rings. The van der Waals surface area contributed by atoms with E-state index in [0.29, 0.717) is 10.9 Å². The molecule has 3 rings (SSSR count). The molecule has 1 aromatic carbocycles. The molecular weight excluding hydrogens is 312 g/mol. The molecule has 3 nitrogen and oxygen atoms in total. The lowest BCUT2D eigenvalue weighted by Gasteiger charge is -2.03. The van der Waals surface area contributed by atoms with Crippen molar-refractivity contribution in [2.75, 3.05) is 5.75 Å². The fourth-order valence-electron chi connectivity index (χ4n) is 2.03. The minimum absolute atomic E-state index is 0.123. The summed E-state index contributed by atoms with van der Waals surface area (Å²) < 4.78 is 1.61. The first-order valence-electron chi connectivity index (χ1n) is 6.59. The van der Waals surface area contributed by atoms with Gasteiger partial charge in [0.2, 0.25) is 0 Å². The molecule has 0 bridgehead atoms. The number of rotatable bonds is 4. The number of para-hydroxylation sites is 2. The number of hydrogen-bond acceptors (Lipinski definition) is 4. The Kier molecular flexibility index (Phi) is 4.42. The van der Waals surface area contributed by atoms with E-state index in [4.69, 9.17) is 6.42 Å². The van der Waals surface area contributed by atoms with Crippen molar-refractivity contribution in [3.05, 3.63) is 52.7 Å². The molecular formula is C17H12N2OS2. The van der Waals surface area contributed by atoms with E-state index >= 15 is 0 Å². The Hall–Kier alpha value is -2.29. The van der Waals surface area contributed by atoms with Crippen LogP contribution in [0.2, 0.25) is 0 Å². The van der Waals surface area contributed by atoms with E-state index in [-0.39, 0.29) is 5.91 Å². The average Bonchev–Trinajstić information content (AvgIpc) is 3.17. The topological polar surface area (TPSA) is 34.9 Å². The molecule has 0 fully saturated rings. The zero-order valence-electron chi connectivity index (χ0n) is 11.6. The number of terminal acetylenes is 1. The molecule has 5 heteroatoms. The van der Waals surface area contributed by atoms with Gasteiger partial charge in [-0.3, -0.25) is 9.36 Å². The Morgan fingerprint density at radius 2 is 2.23 bits per heavy atom. The van der Waals surface area contributed by atoms with Gasteiger partial charge in [-0.15, -0.1) is 17.8 Å². The zero-order valence-corrected chi connectivity index (χ0v) is 13.2. The standard InChI is InChI=1S/C17H12N2OS2/c1-2-11-22-17-18-14-7-3-4-8-15(14)19(17)16(20)10-9-13-6-5-12-21-13/h1,3-10,12H,11H2/b10-9+. The van der Waals surface area contributed by atoms with Crippen LogP contribution in [0.15, 0.2) is 53.0 Å². The average molecular weight is 324 g/mol. The van der Waals surface area contributed by atoms with Crippen molar-refractivity contribution >= 4 is 46.1 Å². The highest BCUT2D eigenvalue weighted by atomic mass is 32.2. The molecule has 2 heterocycles. The Bertz CT molecular complexity index is 870. The molecule has 0 aliphatic carbocycles. The third kappa shape index (κ3) is 2.98. The van der Waals surface area contributed by atoms with Gasteiger partial charge in [-0.1, -0.05) is 35.9 Å². The maximum atomic E-state index is 12.6. The van der Waals surface area contributed by atoms with Gasteiger partial charge in [0, 0.05) is 11.0 Å². The molecule has 0 saturated heterocycles. The first kappa shape index (κ1) is 14.6. The maximum absolute atomic E-state index is 12.6. The van der Waals surface area contributed by atoms with Crippen LogP contribution < -0.4 is 0 Å². The van der Waals surface area contributed by atoms with Gasteiger partial charge in [-0.05, 0) is 29.7 Å². The normalized spacial score (nSPS) is 11.0. The van der Waals surface area contributed by atoms with Crippen molar-refractivity contribution in [1.82, 2.24) is 9.55 Å². The molecule has 0 unspecified atom stereocenters. The lowest BCUT2D eigenvalue weighted by Crippen LogP contribution is -2.08.